The van der Waals surface area contributed by atoms with E-state index in [0.29, 0.717) is 25.5 Å². The summed E-state index contributed by atoms with van der Waals surface area (Å²) in [5.41, 5.74) is -2.63. The van der Waals surface area contributed by atoms with Crippen molar-refractivity contribution in [1.29, 1.82) is 0 Å². The van der Waals surface area contributed by atoms with Crippen LogP contribution in [-0.4, -0.2) is 64.3 Å². The molecule has 0 aromatic heterocycles. The van der Waals surface area contributed by atoms with Gasteiger partial charge in [-0.1, -0.05) is 12.1 Å². The van der Waals surface area contributed by atoms with Crippen LogP contribution in [0.5, 0.6) is 11.5 Å². The van der Waals surface area contributed by atoms with Gasteiger partial charge in [0.2, 0.25) is 0 Å². The molecule has 0 bridgehead atoms. The van der Waals surface area contributed by atoms with Gasteiger partial charge < -0.3 is 14.2 Å². The number of sulfonamides is 1. The van der Waals surface area contributed by atoms with Gasteiger partial charge in [0.15, 0.2) is 5.60 Å². The average molecular weight is 671 g/mol. The minimum Gasteiger partial charge on any atom is -0.480 e. The summed E-state index contributed by atoms with van der Waals surface area (Å²) >= 11 is 0. The molecule has 6 rings (SSSR count). The van der Waals surface area contributed by atoms with Crippen molar-refractivity contribution >= 4 is 21.7 Å². The van der Waals surface area contributed by atoms with Crippen LogP contribution in [0, 0.1) is 11.2 Å². The van der Waals surface area contributed by atoms with Crippen molar-refractivity contribution in [2.45, 2.75) is 43.0 Å². The van der Waals surface area contributed by atoms with Gasteiger partial charge in [0.1, 0.15) is 17.3 Å². The summed E-state index contributed by atoms with van der Waals surface area (Å²) in [6.07, 6.45) is -3.49. The summed E-state index contributed by atoms with van der Waals surface area (Å²) in [6.45, 7) is -0.714. The normalized spacial score (nSPS) is 18.5. The summed E-state index contributed by atoms with van der Waals surface area (Å²) < 4.78 is 126. The molecule has 3 aromatic rings. The van der Waals surface area contributed by atoms with E-state index in [-0.39, 0.29) is 54.8 Å². The highest BCUT2D eigenvalue weighted by Crippen LogP contribution is 2.50. The molecule has 1 saturated heterocycles. The summed E-state index contributed by atoms with van der Waals surface area (Å²) in [5.74, 6) is -1.55. The Hall–Kier alpha value is -3.98. The molecule has 46 heavy (non-hydrogen) atoms. The molecule has 0 radical (unpaired) electrons. The SMILES string of the molecule is CCOC(=O)C1(CN2CC3(C2)CN(S(=O)(=O)c2cccc(C(F)(F)F)c2)c2cc(-c4cc(F)cc(OC(F)F)c4)ccc2O3)CC1. The number of hydrogen-bond acceptors (Lipinski definition) is 7. The molecule has 3 aliphatic rings. The van der Waals surface area contributed by atoms with Crippen molar-refractivity contribution in [3.05, 3.63) is 72.0 Å². The standard InChI is InChI=1S/C31H28F6N2O6S/c1-2-43-27(40)29(8-9-29)15-38-16-30(17-38)18-39(46(41,42)24-5-3-4-21(13-24)31(35,36)37)25-12-19(6-7-26(25)45-30)20-10-22(32)14-23(11-20)44-28(33)34/h3-7,10-14,28H,2,8-9,15-18H2,1H3. The van der Waals surface area contributed by atoms with Crippen LogP contribution in [0.2, 0.25) is 0 Å². The Bertz CT molecular complexity index is 1770. The number of hydrogen-bond donors (Lipinski definition) is 0. The van der Waals surface area contributed by atoms with E-state index in [1.807, 2.05) is 4.90 Å². The number of rotatable bonds is 9. The summed E-state index contributed by atoms with van der Waals surface area (Å²) in [5, 5.41) is 0. The maximum Gasteiger partial charge on any atom is 0.416 e. The van der Waals surface area contributed by atoms with Gasteiger partial charge in [-0.15, -0.1) is 0 Å². The molecule has 1 saturated carbocycles. The number of esters is 1. The first-order chi connectivity index (χ1) is 21.6. The number of halogens is 6. The van der Waals surface area contributed by atoms with Crippen molar-refractivity contribution in [3.8, 4) is 22.6 Å². The zero-order valence-corrected chi connectivity index (χ0v) is 25.1. The fraction of sp³-hybridized carbons (Fsp3) is 0.387. The zero-order chi connectivity index (χ0) is 33.1. The van der Waals surface area contributed by atoms with E-state index >= 15 is 0 Å². The number of ether oxygens (including phenoxy) is 3. The second-order valence-electron chi connectivity index (χ2n) is 11.7. The Kier molecular flexibility index (Phi) is 7.90. The minimum atomic E-state index is -4.80. The van der Waals surface area contributed by atoms with Crippen LogP contribution >= 0.6 is 0 Å². The highest BCUT2D eigenvalue weighted by Gasteiger charge is 2.58. The third kappa shape index (κ3) is 6.09. The quantitative estimate of drug-likeness (QED) is 0.201. The lowest BCUT2D eigenvalue weighted by molar-refractivity contribution is -0.153. The summed E-state index contributed by atoms with van der Waals surface area (Å²) in [4.78, 5) is 13.8. The molecule has 15 heteroatoms. The van der Waals surface area contributed by atoms with Crippen LogP contribution < -0.4 is 13.8 Å². The van der Waals surface area contributed by atoms with Gasteiger partial charge in [-0.3, -0.25) is 14.0 Å². The van der Waals surface area contributed by atoms with Gasteiger partial charge in [-0.05, 0) is 73.4 Å². The lowest BCUT2D eigenvalue weighted by Crippen LogP contribution is -2.71. The lowest BCUT2D eigenvalue weighted by atomic mass is 9.89. The van der Waals surface area contributed by atoms with Crippen LogP contribution in [0.3, 0.4) is 0 Å². The van der Waals surface area contributed by atoms with Gasteiger partial charge >= 0.3 is 18.8 Å². The number of carbonyl (C=O) groups is 1. The summed E-state index contributed by atoms with van der Waals surface area (Å²) in [6, 6.07) is 10.6. The number of likely N-dealkylation sites (tertiary alicyclic amines) is 1. The molecular formula is C31H28F6N2O6S. The number of carbonyl (C=O) groups excluding carboxylic acids is 1. The van der Waals surface area contributed by atoms with Crippen molar-refractivity contribution in [3.63, 3.8) is 0 Å². The second-order valence-corrected chi connectivity index (χ2v) is 13.6. The smallest absolute Gasteiger partial charge is 0.416 e. The van der Waals surface area contributed by atoms with E-state index in [1.54, 1.807) is 6.92 Å². The minimum absolute atomic E-state index is 0.0373. The predicted molar refractivity (Wildman–Crippen MR) is 153 cm³/mol. The molecule has 2 fully saturated rings. The van der Waals surface area contributed by atoms with Crippen molar-refractivity contribution in [1.82, 2.24) is 4.90 Å². The number of benzene rings is 3. The maximum atomic E-state index is 14.3. The molecule has 1 spiro atoms. The van der Waals surface area contributed by atoms with Gasteiger partial charge in [-0.25, -0.2) is 12.8 Å². The molecule has 2 aliphatic heterocycles. The van der Waals surface area contributed by atoms with Crippen LogP contribution in [0.25, 0.3) is 11.1 Å². The number of nitrogens with zero attached hydrogens (tertiary/aromatic N) is 2. The van der Waals surface area contributed by atoms with Crippen molar-refractivity contribution in [2.24, 2.45) is 5.41 Å². The first-order valence-electron chi connectivity index (χ1n) is 14.3. The van der Waals surface area contributed by atoms with Crippen LogP contribution in [0.1, 0.15) is 25.3 Å². The Morgan fingerprint density at radius 1 is 1.00 bits per heavy atom. The van der Waals surface area contributed by atoms with Crippen molar-refractivity contribution < 1.29 is 53.8 Å². The molecule has 0 atom stereocenters. The fourth-order valence-electron chi connectivity index (χ4n) is 6.00. The molecule has 0 unspecified atom stereocenters. The molecule has 8 nitrogen and oxygen atoms in total. The first-order valence-corrected chi connectivity index (χ1v) is 15.8. The van der Waals surface area contributed by atoms with Crippen molar-refractivity contribution in [2.75, 3.05) is 37.1 Å². The average Bonchev–Trinajstić information content (AvgIpc) is 3.75. The largest absolute Gasteiger partial charge is 0.480 e. The second kappa shape index (κ2) is 11.4. The van der Waals surface area contributed by atoms with Gasteiger partial charge in [0.25, 0.3) is 10.0 Å². The van der Waals surface area contributed by atoms with E-state index in [0.717, 1.165) is 40.7 Å². The molecule has 2 heterocycles. The highest BCUT2D eigenvalue weighted by molar-refractivity contribution is 7.92. The molecule has 0 amide bonds. The fourth-order valence-corrected chi connectivity index (χ4v) is 7.59. The van der Waals surface area contributed by atoms with Gasteiger partial charge in [0.05, 0.1) is 34.7 Å². The number of fused-ring (bicyclic) bond motifs is 1. The number of alkyl halides is 5. The Morgan fingerprint density at radius 2 is 1.74 bits per heavy atom. The van der Waals surface area contributed by atoms with E-state index < -0.39 is 55.9 Å². The third-order valence-electron chi connectivity index (χ3n) is 8.28. The molecule has 1 aliphatic carbocycles. The number of anilines is 1. The topological polar surface area (TPSA) is 85.4 Å². The Balaban J connectivity index is 1.37. The highest BCUT2D eigenvalue weighted by atomic mass is 32.2. The lowest BCUT2D eigenvalue weighted by Gasteiger charge is -2.54. The summed E-state index contributed by atoms with van der Waals surface area (Å²) in [7, 11) is -4.63. The molecule has 3 aromatic carbocycles. The maximum absolute atomic E-state index is 14.3. The van der Waals surface area contributed by atoms with Gasteiger partial charge in [0, 0.05) is 25.7 Å². The van der Waals surface area contributed by atoms with E-state index in [9.17, 15) is 39.6 Å². The molecular weight excluding hydrogens is 642 g/mol. The Morgan fingerprint density at radius 3 is 2.39 bits per heavy atom. The molecule has 0 N–H and O–H groups in total. The predicted octanol–water partition coefficient (Wildman–Crippen LogP) is 6.10. The van der Waals surface area contributed by atoms with Crippen LogP contribution in [0.15, 0.2) is 65.6 Å². The van der Waals surface area contributed by atoms with E-state index in [1.165, 1.54) is 18.2 Å². The van der Waals surface area contributed by atoms with Crippen LogP contribution in [-0.2, 0) is 25.7 Å². The van der Waals surface area contributed by atoms with E-state index in [4.69, 9.17) is 9.47 Å². The molecule has 246 valence electrons. The van der Waals surface area contributed by atoms with Gasteiger partial charge in [-0.2, -0.15) is 22.0 Å². The van der Waals surface area contributed by atoms with E-state index in [2.05, 4.69) is 4.74 Å². The first kappa shape index (κ1) is 32.0. The zero-order valence-electron chi connectivity index (χ0n) is 24.3. The Labute approximate surface area is 260 Å². The van der Waals surface area contributed by atoms with Crippen LogP contribution in [0.4, 0.5) is 32.0 Å². The monoisotopic (exact) mass is 670 g/mol. The third-order valence-corrected chi connectivity index (χ3v) is 10.0.